The lowest BCUT2D eigenvalue weighted by atomic mass is 10.0. The first-order valence-corrected chi connectivity index (χ1v) is 9.58. The van der Waals surface area contributed by atoms with Crippen LogP contribution in [0.25, 0.3) is 5.57 Å². The molecule has 0 unspecified atom stereocenters. The first-order valence-electron chi connectivity index (χ1n) is 9.58. The number of hydrogen-bond acceptors (Lipinski definition) is 4. The van der Waals surface area contributed by atoms with Crippen LogP contribution in [0.4, 0.5) is 11.4 Å². The zero-order valence-electron chi connectivity index (χ0n) is 15.7. The van der Waals surface area contributed by atoms with Crippen LogP contribution in [0.5, 0.6) is 0 Å². The summed E-state index contributed by atoms with van der Waals surface area (Å²) in [4.78, 5) is 29.4. The van der Waals surface area contributed by atoms with Crippen LogP contribution < -0.4 is 10.2 Å². The van der Waals surface area contributed by atoms with Crippen molar-refractivity contribution < 1.29 is 9.59 Å². The van der Waals surface area contributed by atoms with Crippen LogP contribution in [0.3, 0.4) is 0 Å². The Balaban J connectivity index is 1.66. The van der Waals surface area contributed by atoms with Gasteiger partial charge in [-0.2, -0.15) is 0 Å². The fourth-order valence-corrected chi connectivity index (χ4v) is 3.73. The highest BCUT2D eigenvalue weighted by atomic mass is 16.2. The Hall–Kier alpha value is -3.34. The average molecular weight is 373 g/mol. The maximum absolute atomic E-state index is 12.9. The molecule has 1 fully saturated rings. The summed E-state index contributed by atoms with van der Waals surface area (Å²) in [5.74, 6) is -0.625. The third-order valence-corrected chi connectivity index (χ3v) is 5.15. The summed E-state index contributed by atoms with van der Waals surface area (Å²) in [7, 11) is 0. The number of amides is 2. The SMILES string of the molecule is C=CCN1C(=O)C(Nc2ccc(N3CCCC3)cc2)=C(c2ccccc2)C1=O. The molecule has 2 amide bonds. The highest BCUT2D eigenvalue weighted by Crippen LogP contribution is 2.31. The third-order valence-electron chi connectivity index (χ3n) is 5.15. The van der Waals surface area contributed by atoms with Crippen LogP contribution in [0.2, 0.25) is 0 Å². The molecular weight excluding hydrogens is 350 g/mol. The van der Waals surface area contributed by atoms with Gasteiger partial charge in [-0.1, -0.05) is 36.4 Å². The number of benzene rings is 2. The second kappa shape index (κ2) is 7.72. The zero-order valence-corrected chi connectivity index (χ0v) is 15.7. The van der Waals surface area contributed by atoms with Crippen molar-refractivity contribution >= 4 is 28.8 Å². The van der Waals surface area contributed by atoms with Crippen LogP contribution in [-0.4, -0.2) is 36.3 Å². The molecule has 2 heterocycles. The van der Waals surface area contributed by atoms with Gasteiger partial charge in [-0.3, -0.25) is 14.5 Å². The van der Waals surface area contributed by atoms with Crippen LogP contribution in [0.15, 0.2) is 72.9 Å². The Kier molecular flexibility index (Phi) is 4.98. The highest BCUT2D eigenvalue weighted by molar-refractivity contribution is 6.36. The number of nitrogens with one attached hydrogen (secondary N) is 1. The van der Waals surface area contributed by atoms with Crippen LogP contribution in [0, 0.1) is 0 Å². The summed E-state index contributed by atoms with van der Waals surface area (Å²) in [6.07, 6.45) is 4.01. The number of imide groups is 1. The molecule has 5 nitrogen and oxygen atoms in total. The van der Waals surface area contributed by atoms with Gasteiger partial charge in [0, 0.05) is 31.0 Å². The molecule has 0 saturated carbocycles. The standard InChI is InChI=1S/C23H23N3O2/c1-2-14-26-22(27)20(17-8-4-3-5-9-17)21(23(26)28)24-18-10-12-19(13-11-18)25-15-6-7-16-25/h2-5,8-13,24H,1,6-7,14-16H2. The lowest BCUT2D eigenvalue weighted by molar-refractivity contribution is -0.136. The van der Waals surface area contributed by atoms with E-state index in [1.807, 2.05) is 42.5 Å². The van der Waals surface area contributed by atoms with Crippen LogP contribution in [-0.2, 0) is 9.59 Å². The predicted molar refractivity (Wildman–Crippen MR) is 112 cm³/mol. The Bertz CT molecular complexity index is 926. The molecule has 0 bridgehead atoms. The minimum atomic E-state index is -0.327. The van der Waals surface area contributed by atoms with Gasteiger partial charge < -0.3 is 10.2 Å². The Morgan fingerprint density at radius 1 is 0.929 bits per heavy atom. The molecule has 0 spiro atoms. The van der Waals surface area contributed by atoms with Crippen molar-refractivity contribution in [2.45, 2.75) is 12.8 Å². The summed E-state index contributed by atoms with van der Waals surface area (Å²) in [6.45, 7) is 6.01. The lowest BCUT2D eigenvalue weighted by Gasteiger charge is -2.18. The largest absolute Gasteiger partial charge is 0.372 e. The van der Waals surface area contributed by atoms with E-state index >= 15 is 0 Å². The molecule has 2 aromatic carbocycles. The Morgan fingerprint density at radius 2 is 1.61 bits per heavy atom. The van der Waals surface area contributed by atoms with Crippen molar-refractivity contribution in [2.24, 2.45) is 0 Å². The highest BCUT2D eigenvalue weighted by Gasteiger charge is 2.38. The number of rotatable bonds is 6. The molecule has 142 valence electrons. The fraction of sp³-hybridized carbons (Fsp3) is 0.217. The van der Waals surface area contributed by atoms with Crippen molar-refractivity contribution in [3.8, 4) is 0 Å². The number of anilines is 2. The molecule has 1 N–H and O–H groups in total. The number of carbonyl (C=O) groups excluding carboxylic acids is 2. The molecule has 0 aliphatic carbocycles. The molecule has 28 heavy (non-hydrogen) atoms. The van der Waals surface area contributed by atoms with Crippen molar-refractivity contribution in [1.29, 1.82) is 0 Å². The first-order chi connectivity index (χ1) is 13.7. The molecule has 0 atom stereocenters. The molecule has 0 aromatic heterocycles. The van der Waals surface area contributed by atoms with E-state index in [0.717, 1.165) is 24.3 Å². The van der Waals surface area contributed by atoms with E-state index in [1.54, 1.807) is 6.08 Å². The minimum Gasteiger partial charge on any atom is -0.372 e. The second-order valence-electron chi connectivity index (χ2n) is 6.99. The van der Waals surface area contributed by atoms with Gasteiger partial charge in [-0.05, 0) is 42.7 Å². The van der Waals surface area contributed by atoms with Gasteiger partial charge in [0.25, 0.3) is 11.8 Å². The average Bonchev–Trinajstić information content (AvgIpc) is 3.33. The smallest absolute Gasteiger partial charge is 0.278 e. The minimum absolute atomic E-state index is 0.188. The maximum atomic E-state index is 12.9. The van der Waals surface area contributed by atoms with E-state index in [-0.39, 0.29) is 18.4 Å². The van der Waals surface area contributed by atoms with E-state index < -0.39 is 0 Å². The van der Waals surface area contributed by atoms with E-state index in [2.05, 4.69) is 28.9 Å². The topological polar surface area (TPSA) is 52.7 Å². The molecule has 2 aliphatic heterocycles. The zero-order chi connectivity index (χ0) is 19.5. The first kappa shape index (κ1) is 18.0. The summed E-state index contributed by atoms with van der Waals surface area (Å²) in [6, 6.07) is 17.3. The van der Waals surface area contributed by atoms with Crippen molar-refractivity contribution in [3.63, 3.8) is 0 Å². The van der Waals surface area contributed by atoms with Crippen molar-refractivity contribution in [2.75, 3.05) is 29.9 Å². The summed E-state index contributed by atoms with van der Waals surface area (Å²) in [5.41, 5.74) is 3.40. The quantitative estimate of drug-likeness (QED) is 0.620. The van der Waals surface area contributed by atoms with Gasteiger partial charge >= 0.3 is 0 Å². The monoisotopic (exact) mass is 373 g/mol. The van der Waals surface area contributed by atoms with Gasteiger partial charge in [0.2, 0.25) is 0 Å². The Labute approximate surface area is 165 Å². The fourth-order valence-electron chi connectivity index (χ4n) is 3.73. The van der Waals surface area contributed by atoms with Gasteiger partial charge in [0.15, 0.2) is 0 Å². The van der Waals surface area contributed by atoms with Gasteiger partial charge in [-0.15, -0.1) is 6.58 Å². The maximum Gasteiger partial charge on any atom is 0.278 e. The van der Waals surface area contributed by atoms with Crippen molar-refractivity contribution in [3.05, 3.63) is 78.5 Å². The lowest BCUT2D eigenvalue weighted by Crippen LogP contribution is -2.32. The number of carbonyl (C=O) groups is 2. The summed E-state index contributed by atoms with van der Waals surface area (Å²) >= 11 is 0. The number of hydrogen-bond donors (Lipinski definition) is 1. The normalized spacial score (nSPS) is 16.9. The van der Waals surface area contributed by atoms with E-state index in [1.165, 1.54) is 23.4 Å². The van der Waals surface area contributed by atoms with Crippen LogP contribution in [0.1, 0.15) is 18.4 Å². The number of nitrogens with zero attached hydrogens (tertiary/aromatic N) is 2. The van der Waals surface area contributed by atoms with E-state index in [0.29, 0.717) is 11.3 Å². The third kappa shape index (κ3) is 3.31. The van der Waals surface area contributed by atoms with Gasteiger partial charge in [-0.25, -0.2) is 0 Å². The van der Waals surface area contributed by atoms with E-state index in [4.69, 9.17) is 0 Å². The van der Waals surface area contributed by atoms with Gasteiger partial charge in [0.1, 0.15) is 5.70 Å². The molecule has 4 rings (SSSR count). The molecular formula is C23H23N3O2. The van der Waals surface area contributed by atoms with Gasteiger partial charge in [0.05, 0.1) is 5.57 Å². The second-order valence-corrected chi connectivity index (χ2v) is 6.99. The Morgan fingerprint density at radius 3 is 2.25 bits per heavy atom. The molecule has 2 aromatic rings. The van der Waals surface area contributed by atoms with E-state index in [9.17, 15) is 9.59 Å². The molecule has 2 aliphatic rings. The summed E-state index contributed by atoms with van der Waals surface area (Å²) < 4.78 is 0. The molecule has 1 saturated heterocycles. The van der Waals surface area contributed by atoms with Crippen molar-refractivity contribution in [1.82, 2.24) is 4.90 Å². The summed E-state index contributed by atoms with van der Waals surface area (Å²) in [5, 5.41) is 3.19. The predicted octanol–water partition coefficient (Wildman–Crippen LogP) is 3.66. The van der Waals surface area contributed by atoms with Crippen LogP contribution >= 0.6 is 0 Å². The molecule has 5 heteroatoms. The molecule has 0 radical (unpaired) electrons.